The van der Waals surface area contributed by atoms with Crippen LogP contribution in [-0.2, 0) is 6.42 Å². The molecule has 21 heavy (non-hydrogen) atoms. The van der Waals surface area contributed by atoms with Gasteiger partial charge in [0.25, 0.3) is 0 Å². The second kappa shape index (κ2) is 5.29. The van der Waals surface area contributed by atoms with Crippen LogP contribution in [0.3, 0.4) is 0 Å². The molecule has 1 aliphatic rings. The Hall–Kier alpha value is -1.06. The summed E-state index contributed by atoms with van der Waals surface area (Å²) in [6.45, 7) is 0.923. The highest BCUT2D eigenvalue weighted by Crippen LogP contribution is 2.43. The van der Waals surface area contributed by atoms with Crippen LogP contribution in [0, 0.1) is 0 Å². The van der Waals surface area contributed by atoms with E-state index in [2.05, 4.69) is 29.6 Å². The van der Waals surface area contributed by atoms with Gasteiger partial charge >= 0.3 is 0 Å². The van der Waals surface area contributed by atoms with Gasteiger partial charge in [-0.2, -0.15) is 0 Å². The Morgan fingerprint density at radius 2 is 1.90 bits per heavy atom. The summed E-state index contributed by atoms with van der Waals surface area (Å²) >= 11 is 14.8. The first kappa shape index (κ1) is 13.6. The van der Waals surface area contributed by atoms with Crippen molar-refractivity contribution in [2.75, 3.05) is 6.54 Å². The largest absolute Gasteiger partial charge is 0.305 e. The molecular weight excluding hydrogens is 321 g/mol. The monoisotopic (exact) mass is 333 g/mol. The van der Waals surface area contributed by atoms with Gasteiger partial charge in [0.15, 0.2) is 0 Å². The Bertz CT molecular complexity index is 825. The summed E-state index contributed by atoms with van der Waals surface area (Å²) in [6.07, 6.45) is 0.966. The van der Waals surface area contributed by atoms with Gasteiger partial charge in [0.05, 0.1) is 11.1 Å². The molecule has 0 aliphatic carbocycles. The molecule has 0 saturated carbocycles. The molecule has 0 fully saturated rings. The third kappa shape index (κ3) is 2.18. The zero-order valence-corrected chi connectivity index (χ0v) is 13.5. The van der Waals surface area contributed by atoms with Crippen molar-refractivity contribution in [1.82, 2.24) is 5.32 Å². The maximum atomic E-state index is 6.63. The van der Waals surface area contributed by atoms with E-state index in [0.29, 0.717) is 0 Å². The van der Waals surface area contributed by atoms with E-state index in [1.165, 1.54) is 20.7 Å². The summed E-state index contributed by atoms with van der Waals surface area (Å²) in [7, 11) is 0. The Balaban J connectivity index is 1.91. The van der Waals surface area contributed by atoms with Crippen LogP contribution in [0.15, 0.2) is 42.5 Å². The van der Waals surface area contributed by atoms with E-state index in [-0.39, 0.29) is 6.04 Å². The summed E-state index contributed by atoms with van der Waals surface area (Å²) in [5.41, 5.74) is 2.50. The molecule has 1 aromatic heterocycles. The van der Waals surface area contributed by atoms with Crippen LogP contribution in [0.5, 0.6) is 0 Å². The van der Waals surface area contributed by atoms with Crippen molar-refractivity contribution in [3.63, 3.8) is 0 Å². The molecule has 4 heteroatoms. The van der Waals surface area contributed by atoms with Gasteiger partial charge in [0.2, 0.25) is 0 Å². The molecule has 0 spiro atoms. The minimum Gasteiger partial charge on any atom is -0.305 e. The average molecular weight is 334 g/mol. The molecule has 0 amide bonds. The summed E-state index contributed by atoms with van der Waals surface area (Å²) in [5, 5.41) is 6.44. The molecule has 106 valence electrons. The molecule has 1 aliphatic heterocycles. The summed E-state index contributed by atoms with van der Waals surface area (Å²) in [4.78, 5) is 1.18. The van der Waals surface area contributed by atoms with Gasteiger partial charge < -0.3 is 5.32 Å². The molecule has 1 unspecified atom stereocenters. The van der Waals surface area contributed by atoms with Crippen LogP contribution < -0.4 is 5.32 Å². The molecule has 4 rings (SSSR count). The molecule has 2 aromatic carbocycles. The average Bonchev–Trinajstić information content (AvgIpc) is 2.85. The Kier molecular flexibility index (Phi) is 3.43. The molecular formula is C17H13Cl2NS. The molecule has 0 saturated heterocycles. The maximum absolute atomic E-state index is 6.63. The number of fused-ring (bicyclic) bond motifs is 2. The molecule has 1 atom stereocenters. The van der Waals surface area contributed by atoms with Crippen molar-refractivity contribution in [1.29, 1.82) is 0 Å². The van der Waals surface area contributed by atoms with E-state index in [1.54, 1.807) is 11.3 Å². The highest BCUT2D eigenvalue weighted by Gasteiger charge is 2.26. The Labute approximate surface area is 137 Å². The van der Waals surface area contributed by atoms with Crippen molar-refractivity contribution in [2.45, 2.75) is 12.5 Å². The van der Waals surface area contributed by atoms with E-state index in [9.17, 15) is 0 Å². The summed E-state index contributed by atoms with van der Waals surface area (Å²) in [5.74, 6) is 0. The number of halogens is 2. The minimum absolute atomic E-state index is 0.136. The lowest BCUT2D eigenvalue weighted by atomic mass is 9.93. The lowest BCUT2D eigenvalue weighted by molar-refractivity contribution is 0.575. The standard InChI is InChI=1S/C17H13Cl2NS/c18-13-6-3-5-11-10(13)8-9-20-16(11)17-15(19)12-4-1-2-7-14(12)21-17/h1-7,16,20H,8-9H2. The first-order chi connectivity index (χ1) is 10.3. The first-order valence-corrected chi connectivity index (χ1v) is 8.50. The van der Waals surface area contributed by atoms with E-state index >= 15 is 0 Å². The van der Waals surface area contributed by atoms with Crippen LogP contribution in [0.4, 0.5) is 0 Å². The fraction of sp³-hybridized carbons (Fsp3) is 0.176. The van der Waals surface area contributed by atoms with Crippen LogP contribution in [0.1, 0.15) is 22.0 Å². The lowest BCUT2D eigenvalue weighted by Gasteiger charge is -2.27. The van der Waals surface area contributed by atoms with Gasteiger partial charge in [-0.3, -0.25) is 0 Å². The highest BCUT2D eigenvalue weighted by atomic mass is 35.5. The quantitative estimate of drug-likeness (QED) is 0.624. The second-order valence-electron chi connectivity index (χ2n) is 5.22. The zero-order valence-electron chi connectivity index (χ0n) is 11.2. The van der Waals surface area contributed by atoms with Crippen molar-refractivity contribution in [3.05, 3.63) is 68.5 Å². The number of hydrogen-bond acceptors (Lipinski definition) is 2. The molecule has 3 aromatic rings. The van der Waals surface area contributed by atoms with E-state index < -0.39 is 0 Å². The Morgan fingerprint density at radius 3 is 2.76 bits per heavy atom. The van der Waals surface area contributed by atoms with Gasteiger partial charge in [-0.1, -0.05) is 53.5 Å². The van der Waals surface area contributed by atoms with Gasteiger partial charge in [0.1, 0.15) is 0 Å². The van der Waals surface area contributed by atoms with Crippen molar-refractivity contribution >= 4 is 44.6 Å². The van der Waals surface area contributed by atoms with Crippen molar-refractivity contribution in [2.24, 2.45) is 0 Å². The predicted molar refractivity (Wildman–Crippen MR) is 91.8 cm³/mol. The fourth-order valence-corrected chi connectivity index (χ4v) is 4.93. The van der Waals surface area contributed by atoms with E-state index in [1.807, 2.05) is 18.2 Å². The maximum Gasteiger partial charge on any atom is 0.0689 e. The topological polar surface area (TPSA) is 12.0 Å². The summed E-state index contributed by atoms with van der Waals surface area (Å²) < 4.78 is 1.23. The van der Waals surface area contributed by atoms with Gasteiger partial charge in [-0.15, -0.1) is 11.3 Å². The number of rotatable bonds is 1. The molecule has 0 radical (unpaired) electrons. The van der Waals surface area contributed by atoms with Crippen LogP contribution in [-0.4, -0.2) is 6.54 Å². The predicted octanol–water partition coefficient (Wildman–Crippen LogP) is 5.44. The van der Waals surface area contributed by atoms with Crippen molar-refractivity contribution in [3.8, 4) is 0 Å². The number of benzene rings is 2. The van der Waals surface area contributed by atoms with Gasteiger partial charge in [-0.05, 0) is 29.7 Å². The highest BCUT2D eigenvalue weighted by molar-refractivity contribution is 7.19. The van der Waals surface area contributed by atoms with Crippen LogP contribution >= 0.6 is 34.5 Å². The number of hydrogen-bond donors (Lipinski definition) is 1. The third-order valence-electron chi connectivity index (χ3n) is 4.01. The van der Waals surface area contributed by atoms with E-state index in [4.69, 9.17) is 23.2 Å². The minimum atomic E-state index is 0.136. The molecule has 1 nitrogen and oxygen atoms in total. The number of nitrogens with one attached hydrogen (secondary N) is 1. The molecule has 0 bridgehead atoms. The first-order valence-electron chi connectivity index (χ1n) is 6.93. The van der Waals surface area contributed by atoms with Gasteiger partial charge in [0, 0.05) is 26.5 Å². The third-order valence-corrected chi connectivity index (χ3v) is 6.12. The van der Waals surface area contributed by atoms with Gasteiger partial charge in [-0.25, -0.2) is 0 Å². The lowest BCUT2D eigenvalue weighted by Crippen LogP contribution is -2.30. The molecule has 2 heterocycles. The number of thiophene rings is 1. The summed E-state index contributed by atoms with van der Waals surface area (Å²) in [6, 6.07) is 14.6. The Morgan fingerprint density at radius 1 is 1.05 bits per heavy atom. The van der Waals surface area contributed by atoms with Crippen LogP contribution in [0.25, 0.3) is 10.1 Å². The zero-order chi connectivity index (χ0) is 14.4. The normalized spacial score (nSPS) is 17.9. The van der Waals surface area contributed by atoms with Crippen molar-refractivity contribution < 1.29 is 0 Å². The van der Waals surface area contributed by atoms with Crippen LogP contribution in [0.2, 0.25) is 10.0 Å². The smallest absolute Gasteiger partial charge is 0.0689 e. The second-order valence-corrected chi connectivity index (χ2v) is 7.09. The fourth-order valence-electron chi connectivity index (χ4n) is 3.01. The van der Waals surface area contributed by atoms with E-state index in [0.717, 1.165) is 28.4 Å². The molecule has 1 N–H and O–H groups in total. The SMILES string of the molecule is Clc1cccc2c1CCNC2c1sc2ccccc2c1Cl.